The van der Waals surface area contributed by atoms with Crippen molar-refractivity contribution in [2.45, 2.75) is 6.29 Å². The molecule has 0 bridgehead atoms. The number of aliphatic imine (C=N–C) groups is 2. The van der Waals surface area contributed by atoms with E-state index < -0.39 is 6.29 Å². The smallest absolute Gasteiger partial charge is 0.222 e. The predicted octanol–water partition coefficient (Wildman–Crippen LogP) is 1.92. The molecular weight excluding hydrogens is 384 g/mol. The zero-order chi connectivity index (χ0) is 20.9. The lowest BCUT2D eigenvalue weighted by atomic mass is 10.2. The molecule has 0 aliphatic carbocycles. The summed E-state index contributed by atoms with van der Waals surface area (Å²) in [6.07, 6.45) is -0.485. The minimum Gasteiger partial charge on any atom is -0.497 e. The molecule has 0 spiro atoms. The van der Waals surface area contributed by atoms with Gasteiger partial charge in [-0.25, -0.2) is 4.99 Å². The highest BCUT2D eigenvalue weighted by atomic mass is 16.5. The second-order valence-electron chi connectivity index (χ2n) is 6.82. The number of nitrogens with zero attached hydrogens (tertiary/aromatic N) is 4. The van der Waals surface area contributed by atoms with Crippen LogP contribution in [0.15, 0.2) is 58.5 Å². The van der Waals surface area contributed by atoms with Gasteiger partial charge in [-0.1, -0.05) is 6.07 Å². The Morgan fingerprint density at radius 3 is 2.47 bits per heavy atom. The van der Waals surface area contributed by atoms with Crippen molar-refractivity contribution in [3.63, 3.8) is 0 Å². The largest absolute Gasteiger partial charge is 0.497 e. The van der Waals surface area contributed by atoms with Crippen LogP contribution in [0.4, 0.5) is 11.4 Å². The maximum Gasteiger partial charge on any atom is 0.222 e. The first-order chi connectivity index (χ1) is 14.7. The Labute approximate surface area is 175 Å². The summed E-state index contributed by atoms with van der Waals surface area (Å²) in [5.74, 6) is 2.48. The van der Waals surface area contributed by atoms with E-state index in [1.165, 1.54) is 0 Å². The van der Waals surface area contributed by atoms with E-state index in [4.69, 9.17) is 19.9 Å². The van der Waals surface area contributed by atoms with Gasteiger partial charge in [-0.15, -0.1) is 0 Å². The van der Waals surface area contributed by atoms with Gasteiger partial charge in [0.1, 0.15) is 11.5 Å². The van der Waals surface area contributed by atoms with Gasteiger partial charge in [0.15, 0.2) is 0 Å². The highest BCUT2D eigenvalue weighted by Gasteiger charge is 2.32. The van der Waals surface area contributed by atoms with Crippen molar-refractivity contribution < 1.29 is 14.2 Å². The van der Waals surface area contributed by atoms with E-state index >= 15 is 0 Å². The molecule has 0 radical (unpaired) electrons. The Balaban J connectivity index is 1.70. The normalized spacial score (nSPS) is 19.1. The average molecular weight is 410 g/mol. The van der Waals surface area contributed by atoms with E-state index in [0.717, 1.165) is 41.9 Å². The van der Waals surface area contributed by atoms with Crippen molar-refractivity contribution >= 4 is 23.3 Å². The fraction of sp³-hybridized carbons (Fsp3) is 0.333. The molecule has 1 fully saturated rings. The van der Waals surface area contributed by atoms with Crippen LogP contribution in [0, 0.1) is 0 Å². The van der Waals surface area contributed by atoms with Gasteiger partial charge in [0.2, 0.25) is 18.2 Å². The lowest BCUT2D eigenvalue weighted by Gasteiger charge is -2.41. The number of anilines is 2. The molecule has 158 valence electrons. The number of methoxy groups -OCH3 is 2. The Bertz CT molecular complexity index is 925. The number of nitrogens with two attached hydrogens (primary N) is 1. The molecular formula is C21H26N6O3. The van der Waals surface area contributed by atoms with E-state index in [2.05, 4.69) is 20.2 Å². The van der Waals surface area contributed by atoms with Crippen molar-refractivity contribution in [2.75, 3.05) is 50.7 Å². The Morgan fingerprint density at radius 2 is 1.77 bits per heavy atom. The van der Waals surface area contributed by atoms with Gasteiger partial charge in [0.05, 0.1) is 33.1 Å². The van der Waals surface area contributed by atoms with E-state index in [9.17, 15) is 0 Å². The van der Waals surface area contributed by atoms with Crippen molar-refractivity contribution in [1.29, 1.82) is 0 Å². The maximum atomic E-state index is 6.11. The summed E-state index contributed by atoms with van der Waals surface area (Å²) in [6.45, 7) is 2.72. The third-order valence-electron chi connectivity index (χ3n) is 4.94. The van der Waals surface area contributed by atoms with Gasteiger partial charge in [0.25, 0.3) is 0 Å². The Morgan fingerprint density at radius 1 is 1.03 bits per heavy atom. The van der Waals surface area contributed by atoms with Crippen LogP contribution in [0.3, 0.4) is 0 Å². The lowest BCUT2D eigenvalue weighted by Crippen LogP contribution is -2.57. The molecule has 9 nitrogen and oxygen atoms in total. The van der Waals surface area contributed by atoms with Crippen molar-refractivity contribution in [3.8, 4) is 11.5 Å². The lowest BCUT2D eigenvalue weighted by molar-refractivity contribution is 0.0671. The van der Waals surface area contributed by atoms with Crippen LogP contribution < -0.4 is 25.4 Å². The molecule has 0 aromatic heterocycles. The molecule has 1 unspecified atom stereocenters. The summed E-state index contributed by atoms with van der Waals surface area (Å²) in [7, 11) is 3.29. The summed E-state index contributed by atoms with van der Waals surface area (Å²) in [5, 5.41) is 3.44. The van der Waals surface area contributed by atoms with Gasteiger partial charge < -0.3 is 30.2 Å². The molecule has 1 saturated heterocycles. The minimum atomic E-state index is -0.485. The Kier molecular flexibility index (Phi) is 5.89. The number of ether oxygens (including phenoxy) is 3. The minimum absolute atomic E-state index is 0.224. The fourth-order valence-corrected chi connectivity index (χ4v) is 3.41. The number of hydrogen-bond acceptors (Lipinski definition) is 9. The molecule has 3 N–H and O–H groups in total. The first kappa shape index (κ1) is 19.8. The first-order valence-electron chi connectivity index (χ1n) is 9.76. The zero-order valence-electron chi connectivity index (χ0n) is 17.1. The van der Waals surface area contributed by atoms with Crippen LogP contribution in [0.1, 0.15) is 0 Å². The second kappa shape index (κ2) is 8.91. The number of benzene rings is 2. The highest BCUT2D eigenvalue weighted by Crippen LogP contribution is 2.28. The zero-order valence-corrected chi connectivity index (χ0v) is 17.1. The van der Waals surface area contributed by atoms with Crippen molar-refractivity contribution in [2.24, 2.45) is 15.7 Å². The Hall–Kier alpha value is -3.46. The predicted molar refractivity (Wildman–Crippen MR) is 117 cm³/mol. The van der Waals surface area contributed by atoms with Crippen molar-refractivity contribution in [3.05, 3.63) is 48.5 Å². The van der Waals surface area contributed by atoms with Crippen LogP contribution in [0.2, 0.25) is 0 Å². The number of rotatable bonds is 5. The molecule has 1 atom stereocenters. The number of guanidine groups is 2. The molecule has 0 amide bonds. The van der Waals surface area contributed by atoms with Crippen molar-refractivity contribution in [1.82, 2.24) is 4.90 Å². The number of morpholine rings is 1. The molecule has 2 heterocycles. The third-order valence-corrected chi connectivity index (χ3v) is 4.94. The second-order valence-corrected chi connectivity index (χ2v) is 6.82. The SMILES string of the molecule is COc1ccc(NC2N=C(N)N=C(N3CCOCC3)N2c2cccc(OC)c2)cc1. The van der Waals surface area contributed by atoms with Crippen LogP contribution in [0.5, 0.6) is 11.5 Å². The van der Waals surface area contributed by atoms with Gasteiger partial charge in [-0.2, -0.15) is 4.99 Å². The van der Waals surface area contributed by atoms with E-state index in [-0.39, 0.29) is 5.96 Å². The van der Waals surface area contributed by atoms with Crippen LogP contribution in [-0.2, 0) is 4.74 Å². The van der Waals surface area contributed by atoms with Gasteiger partial charge >= 0.3 is 0 Å². The highest BCUT2D eigenvalue weighted by molar-refractivity contribution is 6.06. The monoisotopic (exact) mass is 410 g/mol. The fourth-order valence-electron chi connectivity index (χ4n) is 3.41. The summed E-state index contributed by atoms with van der Waals surface area (Å²) >= 11 is 0. The molecule has 2 aromatic carbocycles. The molecule has 0 saturated carbocycles. The summed E-state index contributed by atoms with van der Waals surface area (Å²) in [6, 6.07) is 15.5. The van der Waals surface area contributed by atoms with E-state index in [1.807, 2.05) is 53.4 Å². The number of hydrogen-bond donors (Lipinski definition) is 2. The van der Waals surface area contributed by atoms with Gasteiger partial charge in [-0.05, 0) is 36.4 Å². The molecule has 30 heavy (non-hydrogen) atoms. The van der Waals surface area contributed by atoms with Crippen LogP contribution >= 0.6 is 0 Å². The molecule has 2 aliphatic rings. The van der Waals surface area contributed by atoms with Gasteiger partial charge in [0, 0.05) is 24.8 Å². The first-order valence-corrected chi connectivity index (χ1v) is 9.76. The average Bonchev–Trinajstić information content (AvgIpc) is 2.80. The van der Waals surface area contributed by atoms with Crippen LogP contribution in [0.25, 0.3) is 0 Å². The molecule has 9 heteroatoms. The van der Waals surface area contributed by atoms with E-state index in [0.29, 0.717) is 13.2 Å². The third kappa shape index (κ3) is 4.25. The topological polar surface area (TPSA) is 96.9 Å². The molecule has 4 rings (SSSR count). The summed E-state index contributed by atoms with van der Waals surface area (Å²) in [4.78, 5) is 13.3. The maximum absolute atomic E-state index is 6.11. The molecule has 2 aromatic rings. The van der Waals surface area contributed by atoms with Gasteiger partial charge in [-0.3, -0.25) is 4.90 Å². The summed E-state index contributed by atoms with van der Waals surface area (Å²) in [5.41, 5.74) is 7.88. The standard InChI is InChI=1S/C21H26N6O3/c1-28-17-8-6-15(7-9-17)23-20-24-19(22)25-21(26-10-12-30-13-11-26)27(20)16-4-3-5-18(14-16)29-2/h3-9,14,20,23H,10-13H2,1-2H3,(H2,22,24). The molecule has 2 aliphatic heterocycles. The number of nitrogens with one attached hydrogen (secondary N) is 1. The summed E-state index contributed by atoms with van der Waals surface area (Å²) < 4.78 is 16.2. The van der Waals surface area contributed by atoms with E-state index in [1.54, 1.807) is 14.2 Å². The quantitative estimate of drug-likeness (QED) is 0.777. The van der Waals surface area contributed by atoms with Crippen LogP contribution in [-0.4, -0.2) is 63.6 Å².